The van der Waals surface area contributed by atoms with E-state index >= 15 is 0 Å². The summed E-state index contributed by atoms with van der Waals surface area (Å²) < 4.78 is 7.47. The molecule has 0 aliphatic carbocycles. The smallest absolute Gasteiger partial charge is 0.168 e. The highest BCUT2D eigenvalue weighted by Crippen LogP contribution is 2.54. The zero-order valence-corrected chi connectivity index (χ0v) is 58.6. The molecule has 0 spiro atoms. The minimum absolute atomic E-state index is 0.414. The fourth-order valence-corrected chi connectivity index (χ4v) is 14.3. The van der Waals surface area contributed by atoms with Gasteiger partial charge in [0.05, 0.1) is 67.0 Å². The van der Waals surface area contributed by atoms with Gasteiger partial charge in [-0.3, -0.25) is 0 Å². The number of anilines is 1. The number of nitrogens with one attached hydrogen (secondary N) is 1. The number of aryl methyl sites for hydroxylation is 6. The lowest BCUT2D eigenvalue weighted by Gasteiger charge is -2.30. The summed E-state index contributed by atoms with van der Waals surface area (Å²) in [5.74, 6) is 2.86. The van der Waals surface area contributed by atoms with E-state index in [0.717, 1.165) is 167 Å². The van der Waals surface area contributed by atoms with Gasteiger partial charge in [-0.1, -0.05) is 228 Å². The summed E-state index contributed by atoms with van der Waals surface area (Å²) in [6.45, 7) is 21.7. The average molecular weight is 1310 g/mol. The fraction of sp³-hybridized carbons (Fsp3) is 0.121. The third kappa shape index (κ3) is 11.5. The van der Waals surface area contributed by atoms with E-state index in [0.29, 0.717) is 46.1 Å². The van der Waals surface area contributed by atoms with E-state index in [4.69, 9.17) is 29.9 Å². The lowest BCUT2D eigenvalue weighted by molar-refractivity contribution is 1.03. The van der Waals surface area contributed by atoms with Crippen LogP contribution in [0.15, 0.2) is 278 Å². The molecule has 0 saturated carbocycles. The molecule has 0 bridgehead atoms. The summed E-state index contributed by atoms with van der Waals surface area (Å²) in [4.78, 5) is 34.9. The van der Waals surface area contributed by atoms with E-state index in [1.807, 2.05) is 48.5 Å². The first-order valence-electron chi connectivity index (χ1n) is 34.8. The molecule has 0 saturated heterocycles. The van der Waals surface area contributed by atoms with E-state index in [1.165, 1.54) is 0 Å². The molecule has 16 aromatic rings. The lowest BCUT2D eigenvalue weighted by atomic mass is 9.95. The molecular formula is C91H76N10. The Kier molecular flexibility index (Phi) is 16.4. The first-order valence-corrected chi connectivity index (χ1v) is 34.8. The minimum Gasteiger partial charge on any atom is -0.353 e. The number of rotatable bonds is 15. The largest absolute Gasteiger partial charge is 0.353 e. The summed E-state index contributed by atoms with van der Waals surface area (Å²) in [6.07, 6.45) is 11.8. The summed E-state index contributed by atoms with van der Waals surface area (Å²) >= 11 is 0. The van der Waals surface area contributed by atoms with E-state index in [1.54, 1.807) is 0 Å². The molecule has 0 aliphatic heterocycles. The predicted molar refractivity (Wildman–Crippen MR) is 422 cm³/mol. The Hall–Kier alpha value is -12.4. The Balaban J connectivity index is 1.29. The second-order valence-corrected chi connectivity index (χ2v) is 26.8. The van der Waals surface area contributed by atoms with Gasteiger partial charge in [0.25, 0.3) is 0 Å². The molecule has 10 nitrogen and oxygen atoms in total. The summed E-state index contributed by atoms with van der Waals surface area (Å²) in [5.41, 5.74) is 23.5. The van der Waals surface area contributed by atoms with Crippen LogP contribution in [0.5, 0.6) is 0 Å². The van der Waals surface area contributed by atoms with Crippen LogP contribution in [0.25, 0.3) is 151 Å². The lowest BCUT2D eigenvalue weighted by Crippen LogP contribution is -2.17. The normalized spacial score (nSPS) is 12.4. The SMILES string of the molecule is C\C=C(C)/C=C\C(C)=C(\C=C/CC)Nc1c(-c2nc(-c3ccccc3)nc(-c3ccccc3)n2)c(-n2c3ccc(C)cc3c3cc(C)ccc32)c(-c2nc(-c3ccccc3)nc(-c3ccccc3)n2)c(-n2c3ccc(C)cc3c3cc(C)ccc32)c1-n1c2ccc(C)cc2c2cc(C)ccc21. The van der Waals surface area contributed by atoms with Gasteiger partial charge in [-0.15, -0.1) is 0 Å². The third-order valence-corrected chi connectivity index (χ3v) is 19.4. The first kappa shape index (κ1) is 63.3. The van der Waals surface area contributed by atoms with Gasteiger partial charge < -0.3 is 19.0 Å². The van der Waals surface area contributed by atoms with Crippen LogP contribution in [0, 0.1) is 41.5 Å². The van der Waals surface area contributed by atoms with Crippen molar-refractivity contribution in [1.29, 1.82) is 0 Å². The standard InChI is InChI=1S/C91H76N10/c1-11-13-34-73(62(10)42-35-55(3)12-2)92-82-80(90-95-86(63-26-18-14-19-27-63)93-87(96-90)64-28-20-15-21-29-64)83(99-74-43-36-56(4)49-67(74)68-50-57(5)37-44-75(68)99)81(91-97-88(65-30-22-16-23-31-65)94-89(98-91)66-32-24-17-25-33-66)84(100-76-45-38-58(6)51-69(76)70-52-59(7)39-46-77(70)100)85(82)101-78-47-40-60(8)53-71(78)72-54-61(9)41-48-79(72)101/h12-54,92H,11H2,1-10H3/b34-13-,42-35-,55-12-,73-62-. The summed E-state index contributed by atoms with van der Waals surface area (Å²) in [5, 5.41) is 11.0. The van der Waals surface area contributed by atoms with Gasteiger partial charge in [0.15, 0.2) is 34.9 Å². The zero-order chi connectivity index (χ0) is 69.2. The number of aromatic nitrogens is 9. The first-order chi connectivity index (χ1) is 49.3. The summed E-state index contributed by atoms with van der Waals surface area (Å²) in [6, 6.07) is 82.4. The molecule has 101 heavy (non-hydrogen) atoms. The van der Waals surface area contributed by atoms with Crippen molar-refractivity contribution in [3.63, 3.8) is 0 Å². The number of hydrogen-bond donors (Lipinski definition) is 1. The molecule has 490 valence electrons. The molecule has 11 aromatic carbocycles. The fourth-order valence-electron chi connectivity index (χ4n) is 14.3. The molecule has 0 aliphatic rings. The Morgan fingerprint density at radius 3 is 0.950 bits per heavy atom. The molecule has 1 N–H and O–H groups in total. The van der Waals surface area contributed by atoms with Crippen LogP contribution < -0.4 is 5.32 Å². The maximum absolute atomic E-state index is 5.99. The Morgan fingerprint density at radius 1 is 0.337 bits per heavy atom. The highest BCUT2D eigenvalue weighted by Gasteiger charge is 2.37. The van der Waals surface area contributed by atoms with Crippen molar-refractivity contribution >= 4 is 71.1 Å². The monoisotopic (exact) mass is 1310 g/mol. The van der Waals surface area contributed by atoms with Gasteiger partial charge in [0.2, 0.25) is 0 Å². The van der Waals surface area contributed by atoms with Crippen LogP contribution >= 0.6 is 0 Å². The van der Waals surface area contributed by atoms with Crippen molar-refractivity contribution < 1.29 is 0 Å². The molecule has 16 rings (SSSR count). The van der Waals surface area contributed by atoms with Crippen molar-refractivity contribution in [3.8, 4) is 85.4 Å². The van der Waals surface area contributed by atoms with Crippen molar-refractivity contribution in [3.05, 3.63) is 311 Å². The van der Waals surface area contributed by atoms with Gasteiger partial charge in [-0.05, 0) is 153 Å². The number of nitrogens with zero attached hydrogens (tertiary/aromatic N) is 9. The van der Waals surface area contributed by atoms with Gasteiger partial charge in [0.1, 0.15) is 0 Å². The molecule has 0 amide bonds. The predicted octanol–water partition coefficient (Wildman–Crippen LogP) is 23.4. The molecule has 5 heterocycles. The Labute approximate surface area is 588 Å². The van der Waals surface area contributed by atoms with Crippen LogP contribution in [0.3, 0.4) is 0 Å². The van der Waals surface area contributed by atoms with Crippen LogP contribution in [0.4, 0.5) is 5.69 Å². The molecule has 0 radical (unpaired) electrons. The highest BCUT2D eigenvalue weighted by molar-refractivity contribution is 6.17. The summed E-state index contributed by atoms with van der Waals surface area (Å²) in [7, 11) is 0. The van der Waals surface area contributed by atoms with Crippen LogP contribution in [-0.4, -0.2) is 43.6 Å². The molecule has 5 aromatic heterocycles. The van der Waals surface area contributed by atoms with Crippen LogP contribution in [0.1, 0.15) is 67.5 Å². The molecule has 0 atom stereocenters. The van der Waals surface area contributed by atoms with Crippen molar-refractivity contribution in [2.75, 3.05) is 5.32 Å². The van der Waals surface area contributed by atoms with E-state index in [-0.39, 0.29) is 0 Å². The van der Waals surface area contributed by atoms with E-state index in [9.17, 15) is 0 Å². The highest BCUT2D eigenvalue weighted by atomic mass is 15.1. The number of allylic oxidation sites excluding steroid dienone is 7. The van der Waals surface area contributed by atoms with Gasteiger partial charge in [-0.25, -0.2) is 29.9 Å². The average Bonchev–Trinajstić information content (AvgIpc) is 1.62. The van der Waals surface area contributed by atoms with Crippen LogP contribution in [0.2, 0.25) is 0 Å². The minimum atomic E-state index is 0.414. The Bertz CT molecular complexity index is 5810. The number of fused-ring (bicyclic) bond motifs is 9. The number of hydrogen-bond acceptors (Lipinski definition) is 7. The number of benzene rings is 11. The van der Waals surface area contributed by atoms with E-state index in [2.05, 4.69) is 301 Å². The maximum atomic E-state index is 5.99. The molecule has 10 heteroatoms. The van der Waals surface area contributed by atoms with Crippen molar-refractivity contribution in [1.82, 2.24) is 43.6 Å². The van der Waals surface area contributed by atoms with E-state index < -0.39 is 0 Å². The van der Waals surface area contributed by atoms with Gasteiger partial charge >= 0.3 is 0 Å². The second kappa shape index (κ2) is 26.1. The van der Waals surface area contributed by atoms with Gasteiger partial charge in [-0.2, -0.15) is 0 Å². The molecule has 0 fully saturated rings. The quantitative estimate of drug-likeness (QED) is 0.102. The molecule has 0 unspecified atom stereocenters. The topological polar surface area (TPSA) is 104 Å². The zero-order valence-electron chi connectivity index (χ0n) is 58.6. The van der Waals surface area contributed by atoms with Crippen molar-refractivity contribution in [2.24, 2.45) is 0 Å². The molecular weight excluding hydrogens is 1230 g/mol. The third-order valence-electron chi connectivity index (χ3n) is 19.4. The maximum Gasteiger partial charge on any atom is 0.168 e. The second-order valence-electron chi connectivity index (χ2n) is 26.8. The van der Waals surface area contributed by atoms with Crippen LogP contribution in [-0.2, 0) is 0 Å². The Morgan fingerprint density at radius 2 is 0.634 bits per heavy atom. The van der Waals surface area contributed by atoms with Crippen molar-refractivity contribution in [2.45, 2.75) is 75.7 Å². The van der Waals surface area contributed by atoms with Gasteiger partial charge in [0, 0.05) is 60.3 Å².